The summed E-state index contributed by atoms with van der Waals surface area (Å²) in [5.74, 6) is 0. The van der Waals surface area contributed by atoms with Crippen molar-refractivity contribution < 1.29 is 4.57 Å². The number of rotatable bonds is 10. The summed E-state index contributed by atoms with van der Waals surface area (Å²) in [6, 6.07) is 43.5. The SMILES string of the molecule is CCCCCCCCc1ccccc1B(c1ccccc1)c1ccccc1.C[n+]1cccc2ccccc21. The van der Waals surface area contributed by atoms with Gasteiger partial charge < -0.3 is 0 Å². The Morgan fingerprint density at radius 3 is 1.79 bits per heavy atom. The standard InChI is InChI=1S/C26H31B.C10H10N/c1-2-3-4-5-6-9-16-23-17-14-15-22-26(23)27(24-18-10-7-11-19-24)25-20-12-8-13-21-25;1-11-8-4-6-9-5-2-3-7-10(9)11/h7-8,10-15,17-22H,2-6,9,16H2,1H3;2-8H,1H3/q;+1. The summed E-state index contributed by atoms with van der Waals surface area (Å²) in [7, 11) is 2.06. The lowest BCUT2D eigenvalue weighted by molar-refractivity contribution is -0.644. The minimum absolute atomic E-state index is 0.309. The molecule has 38 heavy (non-hydrogen) atoms. The van der Waals surface area contributed by atoms with Crippen molar-refractivity contribution in [3.63, 3.8) is 0 Å². The molecule has 192 valence electrons. The van der Waals surface area contributed by atoms with Gasteiger partial charge in [-0.05, 0) is 25.0 Å². The van der Waals surface area contributed by atoms with E-state index in [0.29, 0.717) is 6.71 Å². The Balaban J connectivity index is 0.000000253. The smallest absolute Gasteiger partial charge is 0.201 e. The zero-order chi connectivity index (χ0) is 26.4. The maximum absolute atomic E-state index is 2.33. The van der Waals surface area contributed by atoms with Gasteiger partial charge in [-0.15, -0.1) is 0 Å². The molecule has 5 aromatic rings. The molecule has 0 saturated carbocycles. The van der Waals surface area contributed by atoms with E-state index in [1.165, 1.54) is 77.8 Å². The first-order chi connectivity index (χ1) is 18.8. The highest BCUT2D eigenvalue weighted by atomic mass is 14.9. The van der Waals surface area contributed by atoms with Gasteiger partial charge in [0, 0.05) is 17.5 Å². The predicted molar refractivity (Wildman–Crippen MR) is 166 cm³/mol. The number of aryl methyl sites for hydroxylation is 2. The first-order valence-corrected chi connectivity index (χ1v) is 14.3. The fourth-order valence-electron chi connectivity index (χ4n) is 5.29. The van der Waals surface area contributed by atoms with Crippen LogP contribution in [0.1, 0.15) is 51.0 Å². The fraction of sp³-hybridized carbons (Fsp3) is 0.250. The lowest BCUT2D eigenvalue weighted by Crippen LogP contribution is -2.53. The Morgan fingerprint density at radius 1 is 0.553 bits per heavy atom. The molecule has 0 unspecified atom stereocenters. The van der Waals surface area contributed by atoms with Gasteiger partial charge >= 0.3 is 0 Å². The Morgan fingerprint density at radius 2 is 1.11 bits per heavy atom. The zero-order valence-corrected chi connectivity index (χ0v) is 23.1. The highest BCUT2D eigenvalue weighted by Crippen LogP contribution is 2.10. The number of hydrogen-bond acceptors (Lipinski definition) is 0. The first-order valence-electron chi connectivity index (χ1n) is 14.3. The maximum Gasteiger partial charge on any atom is 0.241 e. The summed E-state index contributed by atoms with van der Waals surface area (Å²) in [6.45, 7) is 2.59. The minimum atomic E-state index is 0.309. The largest absolute Gasteiger partial charge is 0.241 e. The third kappa shape index (κ3) is 7.68. The van der Waals surface area contributed by atoms with Gasteiger partial charge in [0.15, 0.2) is 6.20 Å². The number of unbranched alkanes of at least 4 members (excludes halogenated alkanes) is 5. The average Bonchev–Trinajstić information content (AvgIpc) is 2.98. The van der Waals surface area contributed by atoms with Crippen molar-refractivity contribution >= 4 is 34.0 Å². The van der Waals surface area contributed by atoms with Crippen LogP contribution in [0, 0.1) is 0 Å². The van der Waals surface area contributed by atoms with E-state index in [2.05, 4.69) is 146 Å². The second-order valence-corrected chi connectivity index (χ2v) is 10.1. The van der Waals surface area contributed by atoms with Crippen molar-refractivity contribution in [1.82, 2.24) is 0 Å². The van der Waals surface area contributed by atoms with E-state index < -0.39 is 0 Å². The van der Waals surface area contributed by atoms with Crippen LogP contribution < -0.4 is 21.0 Å². The summed E-state index contributed by atoms with van der Waals surface area (Å²) in [5, 5.41) is 1.29. The minimum Gasteiger partial charge on any atom is -0.201 e. The second-order valence-electron chi connectivity index (χ2n) is 10.1. The summed E-state index contributed by atoms with van der Waals surface area (Å²) < 4.78 is 2.12. The van der Waals surface area contributed by atoms with Crippen LogP contribution in [0.3, 0.4) is 0 Å². The van der Waals surface area contributed by atoms with E-state index in [1.807, 2.05) is 0 Å². The molecule has 0 aliphatic carbocycles. The van der Waals surface area contributed by atoms with Gasteiger partial charge in [0.2, 0.25) is 12.2 Å². The number of para-hydroxylation sites is 1. The van der Waals surface area contributed by atoms with Gasteiger partial charge in [0.1, 0.15) is 7.05 Å². The molecule has 0 amide bonds. The van der Waals surface area contributed by atoms with Crippen molar-refractivity contribution in [2.24, 2.45) is 7.05 Å². The van der Waals surface area contributed by atoms with E-state index in [-0.39, 0.29) is 0 Å². The van der Waals surface area contributed by atoms with E-state index >= 15 is 0 Å². The van der Waals surface area contributed by atoms with Gasteiger partial charge in [-0.2, -0.15) is 0 Å². The van der Waals surface area contributed by atoms with Crippen LogP contribution in [-0.2, 0) is 13.5 Å². The molecule has 0 radical (unpaired) electrons. The molecule has 0 saturated heterocycles. The molecule has 1 nitrogen and oxygen atoms in total. The maximum atomic E-state index is 2.33. The number of aromatic nitrogens is 1. The number of fused-ring (bicyclic) bond motifs is 1. The molecule has 0 fully saturated rings. The lowest BCUT2D eigenvalue weighted by atomic mass is 9.36. The van der Waals surface area contributed by atoms with Crippen LogP contribution >= 0.6 is 0 Å². The molecular weight excluding hydrogens is 457 g/mol. The molecule has 0 aliphatic heterocycles. The van der Waals surface area contributed by atoms with Crippen LogP contribution in [-0.4, -0.2) is 6.71 Å². The molecule has 5 rings (SSSR count). The Labute approximate surface area is 230 Å². The van der Waals surface area contributed by atoms with Gasteiger partial charge in [-0.1, -0.05) is 158 Å². The monoisotopic (exact) mass is 498 g/mol. The second kappa shape index (κ2) is 14.9. The zero-order valence-electron chi connectivity index (χ0n) is 23.1. The summed E-state index contributed by atoms with van der Waals surface area (Å²) in [5.41, 5.74) is 6.99. The van der Waals surface area contributed by atoms with Crippen LogP contribution in [0.5, 0.6) is 0 Å². The highest BCUT2D eigenvalue weighted by Gasteiger charge is 2.23. The Hall–Kier alpha value is -3.65. The number of benzene rings is 4. The Bertz CT molecular complexity index is 1320. The third-order valence-electron chi connectivity index (χ3n) is 7.33. The van der Waals surface area contributed by atoms with Crippen LogP contribution in [0.15, 0.2) is 128 Å². The number of nitrogens with zero attached hydrogens (tertiary/aromatic N) is 1. The molecule has 0 aliphatic rings. The first kappa shape index (κ1) is 27.4. The molecule has 1 heterocycles. The van der Waals surface area contributed by atoms with Gasteiger partial charge in [-0.3, -0.25) is 0 Å². The quantitative estimate of drug-likeness (QED) is 0.114. The number of pyridine rings is 1. The van der Waals surface area contributed by atoms with E-state index in [9.17, 15) is 0 Å². The van der Waals surface area contributed by atoms with Gasteiger partial charge in [0.25, 0.3) is 0 Å². The van der Waals surface area contributed by atoms with Crippen molar-refractivity contribution in [2.75, 3.05) is 0 Å². The molecule has 4 aromatic carbocycles. The predicted octanol–water partition coefficient (Wildman–Crippen LogP) is 6.77. The average molecular weight is 499 g/mol. The van der Waals surface area contributed by atoms with E-state index in [4.69, 9.17) is 0 Å². The van der Waals surface area contributed by atoms with Gasteiger partial charge in [0.05, 0.1) is 0 Å². The molecule has 0 spiro atoms. The summed E-state index contributed by atoms with van der Waals surface area (Å²) in [6.07, 6.45) is 11.3. The van der Waals surface area contributed by atoms with Crippen molar-refractivity contribution in [3.8, 4) is 0 Å². The highest BCUT2D eigenvalue weighted by molar-refractivity contribution is 6.95. The summed E-state index contributed by atoms with van der Waals surface area (Å²) >= 11 is 0. The van der Waals surface area contributed by atoms with Crippen molar-refractivity contribution in [2.45, 2.75) is 51.9 Å². The van der Waals surface area contributed by atoms with Crippen LogP contribution in [0.4, 0.5) is 0 Å². The number of hydrogen-bond donors (Lipinski definition) is 0. The molecule has 0 atom stereocenters. The normalized spacial score (nSPS) is 10.6. The van der Waals surface area contributed by atoms with Crippen LogP contribution in [0.2, 0.25) is 0 Å². The van der Waals surface area contributed by atoms with Gasteiger partial charge in [-0.25, -0.2) is 4.57 Å². The summed E-state index contributed by atoms with van der Waals surface area (Å²) in [4.78, 5) is 0. The van der Waals surface area contributed by atoms with E-state index in [0.717, 1.165) is 0 Å². The lowest BCUT2D eigenvalue weighted by Gasteiger charge is -2.19. The molecule has 0 N–H and O–H groups in total. The molecule has 0 bridgehead atoms. The third-order valence-corrected chi connectivity index (χ3v) is 7.33. The van der Waals surface area contributed by atoms with E-state index in [1.54, 1.807) is 0 Å². The van der Waals surface area contributed by atoms with Crippen LogP contribution in [0.25, 0.3) is 10.9 Å². The molecular formula is C36H41BN+. The molecule has 2 heteroatoms. The topological polar surface area (TPSA) is 3.88 Å². The van der Waals surface area contributed by atoms with Crippen molar-refractivity contribution in [1.29, 1.82) is 0 Å². The Kier molecular flexibility index (Phi) is 10.8. The van der Waals surface area contributed by atoms with Crippen molar-refractivity contribution in [3.05, 3.63) is 133 Å². The molecule has 1 aromatic heterocycles. The fourth-order valence-corrected chi connectivity index (χ4v) is 5.29.